The van der Waals surface area contributed by atoms with Gasteiger partial charge in [-0.05, 0) is 43.0 Å². The Labute approximate surface area is 239 Å². The third-order valence-corrected chi connectivity index (χ3v) is 7.55. The van der Waals surface area contributed by atoms with Crippen molar-refractivity contribution in [1.29, 1.82) is 0 Å². The number of alkyl halides is 3. The van der Waals surface area contributed by atoms with E-state index in [2.05, 4.69) is 15.2 Å². The van der Waals surface area contributed by atoms with Crippen LogP contribution in [0.25, 0.3) is 28.1 Å². The highest BCUT2D eigenvalue weighted by Crippen LogP contribution is 2.39. The summed E-state index contributed by atoms with van der Waals surface area (Å²) in [7, 11) is 0. The van der Waals surface area contributed by atoms with Crippen LogP contribution in [-0.4, -0.2) is 69.0 Å². The standard InChI is InChI=1S/C29H32F4N6O3/c1-3-17(4-2)28(40)42-12-11-41-24-14-23-18(13-21(24)30)5-7-22(35-23)27-37-36-25-8-6-19(15-39(25)27)26(29(31,32)33)38-10-9-20(34)16-38/h5-8,13-15,17,20,26H,3-4,9-12,16,34H2,1-2H3/t20?,26-/m1/s1. The maximum atomic E-state index is 14.7. The number of halogens is 4. The molecule has 4 heterocycles. The molecule has 1 aliphatic rings. The van der Waals surface area contributed by atoms with Crippen LogP contribution in [0.3, 0.4) is 0 Å². The number of benzene rings is 1. The van der Waals surface area contributed by atoms with Crippen LogP contribution in [-0.2, 0) is 9.53 Å². The van der Waals surface area contributed by atoms with Gasteiger partial charge in [-0.15, -0.1) is 10.2 Å². The molecule has 0 bridgehead atoms. The Morgan fingerprint density at radius 2 is 1.90 bits per heavy atom. The number of hydrogen-bond acceptors (Lipinski definition) is 8. The summed E-state index contributed by atoms with van der Waals surface area (Å²) in [4.78, 5) is 18.0. The van der Waals surface area contributed by atoms with Crippen LogP contribution >= 0.6 is 0 Å². The second-order valence-electron chi connectivity index (χ2n) is 10.4. The van der Waals surface area contributed by atoms with Crippen molar-refractivity contribution in [3.8, 4) is 17.3 Å². The van der Waals surface area contributed by atoms with Crippen LogP contribution in [0.2, 0.25) is 0 Å². The molecule has 13 heteroatoms. The lowest BCUT2D eigenvalue weighted by atomic mass is 10.0. The summed E-state index contributed by atoms with van der Waals surface area (Å²) in [5.74, 6) is -0.958. The molecular weight excluding hydrogens is 556 g/mol. The molecule has 0 amide bonds. The molecule has 1 unspecified atom stereocenters. The van der Waals surface area contributed by atoms with Crippen LogP contribution in [0, 0.1) is 11.7 Å². The summed E-state index contributed by atoms with van der Waals surface area (Å²) in [6.45, 7) is 4.12. The lowest BCUT2D eigenvalue weighted by molar-refractivity contribution is -0.183. The molecule has 0 aliphatic carbocycles. The van der Waals surface area contributed by atoms with Crippen molar-refractivity contribution in [3.05, 3.63) is 54.0 Å². The molecule has 5 rings (SSSR count). The number of ether oxygens (including phenoxy) is 2. The lowest BCUT2D eigenvalue weighted by Crippen LogP contribution is -2.38. The van der Waals surface area contributed by atoms with E-state index in [0.29, 0.717) is 41.5 Å². The van der Waals surface area contributed by atoms with E-state index < -0.39 is 18.0 Å². The van der Waals surface area contributed by atoms with Gasteiger partial charge in [-0.1, -0.05) is 26.0 Å². The number of hydrogen-bond donors (Lipinski definition) is 1. The second-order valence-corrected chi connectivity index (χ2v) is 10.4. The smallest absolute Gasteiger partial charge is 0.408 e. The van der Waals surface area contributed by atoms with E-state index in [4.69, 9.17) is 15.2 Å². The van der Waals surface area contributed by atoms with Gasteiger partial charge in [-0.3, -0.25) is 14.1 Å². The molecule has 224 valence electrons. The summed E-state index contributed by atoms with van der Waals surface area (Å²) in [6, 6.07) is 6.67. The predicted octanol–water partition coefficient (Wildman–Crippen LogP) is 5.08. The Bertz CT molecular complexity index is 1570. The van der Waals surface area contributed by atoms with Crippen molar-refractivity contribution in [3.63, 3.8) is 0 Å². The summed E-state index contributed by atoms with van der Waals surface area (Å²) >= 11 is 0. The average molecular weight is 589 g/mol. The van der Waals surface area contributed by atoms with Gasteiger partial charge in [0, 0.05) is 36.8 Å². The van der Waals surface area contributed by atoms with Gasteiger partial charge in [0.25, 0.3) is 0 Å². The molecule has 1 fully saturated rings. The number of nitrogens with two attached hydrogens (primary N) is 1. The van der Waals surface area contributed by atoms with Gasteiger partial charge in [0.2, 0.25) is 0 Å². The van der Waals surface area contributed by atoms with Gasteiger partial charge in [0.05, 0.1) is 11.4 Å². The van der Waals surface area contributed by atoms with Crippen LogP contribution in [0.15, 0.2) is 42.6 Å². The van der Waals surface area contributed by atoms with E-state index in [1.54, 1.807) is 12.1 Å². The van der Waals surface area contributed by atoms with E-state index in [1.807, 2.05) is 13.8 Å². The minimum atomic E-state index is -4.51. The number of carbonyl (C=O) groups is 1. The zero-order valence-corrected chi connectivity index (χ0v) is 23.3. The fourth-order valence-corrected chi connectivity index (χ4v) is 5.29. The molecular formula is C29H32F4N6O3. The van der Waals surface area contributed by atoms with Crippen molar-refractivity contribution in [2.24, 2.45) is 11.7 Å². The Balaban J connectivity index is 1.40. The van der Waals surface area contributed by atoms with Crippen LogP contribution in [0.1, 0.15) is 44.7 Å². The fraction of sp³-hybridized carbons (Fsp3) is 0.448. The number of nitrogens with zero attached hydrogens (tertiary/aromatic N) is 5. The number of pyridine rings is 2. The molecule has 1 aromatic carbocycles. The maximum Gasteiger partial charge on any atom is 0.408 e. The summed E-state index contributed by atoms with van der Waals surface area (Å²) in [6.07, 6.45) is -1.31. The largest absolute Gasteiger partial charge is 0.487 e. The Morgan fingerprint density at radius 3 is 2.60 bits per heavy atom. The van der Waals surface area contributed by atoms with Gasteiger partial charge in [0.1, 0.15) is 24.9 Å². The number of fused-ring (bicyclic) bond motifs is 2. The molecule has 1 aliphatic heterocycles. The van der Waals surface area contributed by atoms with Crippen molar-refractivity contribution in [2.45, 2.75) is 51.4 Å². The molecule has 0 radical (unpaired) electrons. The van der Waals surface area contributed by atoms with Gasteiger partial charge in [0.15, 0.2) is 23.0 Å². The van der Waals surface area contributed by atoms with Gasteiger partial charge in [-0.25, -0.2) is 9.37 Å². The van der Waals surface area contributed by atoms with E-state index in [1.165, 1.54) is 39.8 Å². The molecule has 0 spiro atoms. The Kier molecular flexibility index (Phi) is 8.60. The zero-order chi connectivity index (χ0) is 30.0. The number of esters is 1. The first-order valence-electron chi connectivity index (χ1n) is 13.9. The maximum absolute atomic E-state index is 14.7. The normalized spacial score (nSPS) is 16.9. The summed E-state index contributed by atoms with van der Waals surface area (Å²) in [5, 5.41) is 8.76. The highest BCUT2D eigenvalue weighted by Gasteiger charge is 2.46. The minimum absolute atomic E-state index is 0.0311. The number of aromatic nitrogens is 4. The van der Waals surface area contributed by atoms with E-state index >= 15 is 0 Å². The van der Waals surface area contributed by atoms with Gasteiger partial charge < -0.3 is 15.2 Å². The molecule has 3 aromatic heterocycles. The first-order chi connectivity index (χ1) is 20.1. The van der Waals surface area contributed by atoms with Gasteiger partial charge >= 0.3 is 12.1 Å². The topological polar surface area (TPSA) is 108 Å². The van der Waals surface area contributed by atoms with E-state index in [0.717, 1.165) is 0 Å². The summed E-state index contributed by atoms with van der Waals surface area (Å²) in [5.41, 5.74) is 6.99. The fourth-order valence-electron chi connectivity index (χ4n) is 5.29. The molecule has 2 atom stereocenters. The van der Waals surface area contributed by atoms with Crippen molar-refractivity contribution >= 4 is 22.5 Å². The van der Waals surface area contributed by atoms with Crippen molar-refractivity contribution in [1.82, 2.24) is 24.5 Å². The first-order valence-corrected chi connectivity index (χ1v) is 13.9. The molecule has 0 saturated carbocycles. The van der Waals surface area contributed by atoms with Crippen LogP contribution in [0.4, 0.5) is 17.6 Å². The highest BCUT2D eigenvalue weighted by molar-refractivity contribution is 5.82. The summed E-state index contributed by atoms with van der Waals surface area (Å²) < 4.78 is 69.5. The predicted molar refractivity (Wildman–Crippen MR) is 147 cm³/mol. The van der Waals surface area contributed by atoms with Crippen LogP contribution < -0.4 is 10.5 Å². The SMILES string of the molecule is CCC(CC)C(=O)OCCOc1cc2nc(-c3nnc4ccc([C@@H](N5CCC(N)C5)C(F)(F)F)cn34)ccc2cc1F. The average Bonchev–Trinajstić information content (AvgIpc) is 3.57. The lowest BCUT2D eigenvalue weighted by Gasteiger charge is -2.30. The molecule has 4 aromatic rings. The number of likely N-dealkylation sites (tertiary alicyclic amines) is 1. The number of rotatable bonds is 10. The first kappa shape index (κ1) is 29.6. The molecule has 42 heavy (non-hydrogen) atoms. The highest BCUT2D eigenvalue weighted by atomic mass is 19.4. The Morgan fingerprint density at radius 1 is 1.12 bits per heavy atom. The molecule has 9 nitrogen and oxygen atoms in total. The molecule has 2 N–H and O–H groups in total. The van der Waals surface area contributed by atoms with Crippen molar-refractivity contribution in [2.75, 3.05) is 26.3 Å². The van der Waals surface area contributed by atoms with Crippen LogP contribution in [0.5, 0.6) is 5.75 Å². The zero-order valence-electron chi connectivity index (χ0n) is 23.3. The van der Waals surface area contributed by atoms with Gasteiger partial charge in [-0.2, -0.15) is 13.2 Å². The number of carbonyl (C=O) groups excluding carboxylic acids is 1. The van der Waals surface area contributed by atoms with E-state index in [-0.39, 0.29) is 61.4 Å². The third-order valence-electron chi connectivity index (χ3n) is 7.55. The van der Waals surface area contributed by atoms with E-state index in [9.17, 15) is 22.4 Å². The third kappa shape index (κ3) is 6.16. The molecule has 1 saturated heterocycles. The monoisotopic (exact) mass is 588 g/mol. The van der Waals surface area contributed by atoms with Crippen molar-refractivity contribution < 1.29 is 31.8 Å². The quantitative estimate of drug-likeness (QED) is 0.155. The minimum Gasteiger partial charge on any atom is -0.487 e. The Hall–Kier alpha value is -3.84. The second kappa shape index (κ2) is 12.2.